The number of aryl methyl sites for hydroxylation is 1. The maximum absolute atomic E-state index is 13.5. The lowest BCUT2D eigenvalue weighted by Crippen LogP contribution is -2.41. The molecule has 0 bridgehead atoms. The zero-order valence-corrected chi connectivity index (χ0v) is 25.9. The number of carbonyl (C=O) groups excluding carboxylic acids is 2. The quantitative estimate of drug-likeness (QED) is 0.154. The number of hydrogen-bond donors (Lipinski definition) is 1. The van der Waals surface area contributed by atoms with Crippen LogP contribution in [0.3, 0.4) is 0 Å². The van der Waals surface area contributed by atoms with Crippen LogP contribution < -0.4 is 10.1 Å². The highest BCUT2D eigenvalue weighted by Crippen LogP contribution is 2.30. The predicted molar refractivity (Wildman–Crippen MR) is 162 cm³/mol. The number of amides is 1. The van der Waals surface area contributed by atoms with Gasteiger partial charge in [-0.1, -0.05) is 64.4 Å². The van der Waals surface area contributed by atoms with Gasteiger partial charge >= 0.3 is 12.1 Å². The number of nitrogens with one attached hydrogen (secondary N) is 1. The number of fused-ring (bicyclic) bond motifs is 2. The van der Waals surface area contributed by atoms with Gasteiger partial charge in [0.1, 0.15) is 12.3 Å². The van der Waals surface area contributed by atoms with E-state index in [1.54, 1.807) is 18.2 Å². The molecule has 0 unspecified atom stereocenters. The molecular weight excluding hydrogens is 573 g/mol. The first-order valence-corrected chi connectivity index (χ1v) is 16.3. The average Bonchev–Trinajstić information content (AvgIpc) is 3.35. The number of imidazole rings is 1. The summed E-state index contributed by atoms with van der Waals surface area (Å²) >= 11 is 0. The van der Waals surface area contributed by atoms with Crippen LogP contribution in [0.5, 0.6) is 5.75 Å². The van der Waals surface area contributed by atoms with Gasteiger partial charge < -0.3 is 24.3 Å². The van der Waals surface area contributed by atoms with Crippen LogP contribution in [0.4, 0.5) is 19.1 Å². The van der Waals surface area contributed by atoms with Crippen LogP contribution in [-0.4, -0.2) is 58.8 Å². The van der Waals surface area contributed by atoms with E-state index in [0.717, 1.165) is 60.9 Å². The van der Waals surface area contributed by atoms with Gasteiger partial charge in [-0.3, -0.25) is 9.59 Å². The molecule has 2 aliphatic rings. The van der Waals surface area contributed by atoms with Crippen molar-refractivity contribution in [3.8, 4) is 5.75 Å². The van der Waals surface area contributed by atoms with Gasteiger partial charge in [-0.05, 0) is 42.5 Å². The number of hydrogen-bond acceptors (Lipinski definition) is 6. The van der Waals surface area contributed by atoms with Gasteiger partial charge in [0, 0.05) is 32.3 Å². The molecule has 1 aromatic carbocycles. The lowest BCUT2D eigenvalue weighted by molar-refractivity contribution is -0.165. The zero-order chi connectivity index (χ0) is 31.4. The number of carbonyl (C=O) groups is 2. The third-order valence-electron chi connectivity index (χ3n) is 8.27. The highest BCUT2D eigenvalue weighted by molar-refractivity contribution is 5.84. The molecule has 11 heteroatoms. The molecule has 0 spiro atoms. The van der Waals surface area contributed by atoms with Crippen molar-refractivity contribution >= 4 is 17.8 Å². The molecule has 0 fully saturated rings. The summed E-state index contributed by atoms with van der Waals surface area (Å²) in [6.45, 7) is 3.06. The summed E-state index contributed by atoms with van der Waals surface area (Å²) in [4.78, 5) is 31.2. The Bertz CT molecular complexity index is 1190. The molecule has 4 rings (SSSR count). The van der Waals surface area contributed by atoms with E-state index in [0.29, 0.717) is 24.3 Å². The maximum Gasteiger partial charge on any atom is 0.406 e. The van der Waals surface area contributed by atoms with Gasteiger partial charge in [0.25, 0.3) is 0 Å². The molecule has 8 nitrogen and oxygen atoms in total. The Kier molecular flexibility index (Phi) is 12.8. The topological polar surface area (TPSA) is 85.7 Å². The molecule has 1 N–H and O–H groups in total. The second-order valence-corrected chi connectivity index (χ2v) is 12.0. The second-order valence-electron chi connectivity index (χ2n) is 12.0. The summed E-state index contributed by atoms with van der Waals surface area (Å²) in [5.74, 6) is -0.772. The lowest BCUT2D eigenvalue weighted by atomic mass is 9.94. The van der Waals surface area contributed by atoms with E-state index < -0.39 is 30.5 Å². The molecule has 0 saturated heterocycles. The van der Waals surface area contributed by atoms with Crippen molar-refractivity contribution in [3.63, 3.8) is 0 Å². The smallest absolute Gasteiger partial charge is 0.406 e. The summed E-state index contributed by atoms with van der Waals surface area (Å²) in [6.07, 6.45) is 9.22. The SMILES string of the molecule is CCCCCCCCCCCOC(=O)C[C@@H]1Cc2ccc(OCCc3cn4c(n3)NCCC4)cc2CN(CC(F)(F)F)C1=O. The highest BCUT2D eigenvalue weighted by Gasteiger charge is 2.38. The minimum Gasteiger partial charge on any atom is -0.493 e. The van der Waals surface area contributed by atoms with E-state index in [1.807, 2.05) is 6.20 Å². The third kappa shape index (κ3) is 10.7. The zero-order valence-electron chi connectivity index (χ0n) is 25.9. The number of anilines is 1. The molecule has 0 saturated carbocycles. The Morgan fingerprint density at radius 3 is 2.52 bits per heavy atom. The third-order valence-corrected chi connectivity index (χ3v) is 8.27. The molecule has 44 heavy (non-hydrogen) atoms. The van der Waals surface area contributed by atoms with Crippen LogP contribution >= 0.6 is 0 Å². The molecular formula is C33H47F3N4O4. The van der Waals surface area contributed by atoms with Gasteiger partial charge in [-0.25, -0.2) is 4.98 Å². The largest absolute Gasteiger partial charge is 0.493 e. The van der Waals surface area contributed by atoms with Crippen molar-refractivity contribution in [3.05, 3.63) is 41.2 Å². The summed E-state index contributed by atoms with van der Waals surface area (Å²) in [6, 6.07) is 5.26. The first-order valence-electron chi connectivity index (χ1n) is 16.3. The maximum atomic E-state index is 13.5. The first kappa shape index (κ1) is 33.6. The number of unbranched alkanes of at least 4 members (excludes halogenated alkanes) is 8. The Morgan fingerprint density at radius 1 is 1.05 bits per heavy atom. The molecule has 1 atom stereocenters. The van der Waals surface area contributed by atoms with Crippen molar-refractivity contribution in [1.29, 1.82) is 0 Å². The van der Waals surface area contributed by atoms with Crippen LogP contribution in [-0.2, 0) is 40.3 Å². The lowest BCUT2D eigenvalue weighted by Gasteiger charge is -2.25. The molecule has 0 aliphatic carbocycles. The Morgan fingerprint density at radius 2 is 1.80 bits per heavy atom. The standard InChI is InChI=1S/C33H47F3N4O4/c1-2-3-4-5-6-7-8-9-10-17-44-30(41)21-26-19-25-12-13-29(20-27(25)22-40(31(26)42)24-33(34,35)36)43-18-14-28-23-39-16-11-15-37-32(39)38-28/h12-13,20,23,26H,2-11,14-19,21-22,24H2,1H3,(H,37,38)/t26-/m0/s1. The van der Waals surface area contributed by atoms with E-state index in [4.69, 9.17) is 9.47 Å². The van der Waals surface area contributed by atoms with Crippen molar-refractivity contribution in [2.75, 3.05) is 31.6 Å². The van der Waals surface area contributed by atoms with Crippen LogP contribution in [0, 0.1) is 5.92 Å². The van der Waals surface area contributed by atoms with Crippen LogP contribution in [0.1, 0.15) is 94.4 Å². The Balaban J connectivity index is 1.29. The number of benzene rings is 1. The predicted octanol–water partition coefficient (Wildman–Crippen LogP) is 6.85. The number of halogens is 3. The van der Waals surface area contributed by atoms with E-state index in [9.17, 15) is 22.8 Å². The minimum atomic E-state index is -4.56. The number of esters is 1. The van der Waals surface area contributed by atoms with Crippen LogP contribution in [0.25, 0.3) is 0 Å². The Labute approximate surface area is 258 Å². The Hall–Kier alpha value is -3.24. The molecule has 1 amide bonds. The number of aromatic nitrogens is 2. The summed E-state index contributed by atoms with van der Waals surface area (Å²) < 4.78 is 53.8. The number of alkyl halides is 3. The van der Waals surface area contributed by atoms with Gasteiger partial charge in [0.2, 0.25) is 11.9 Å². The van der Waals surface area contributed by atoms with Gasteiger partial charge in [0.05, 0.1) is 31.2 Å². The number of ether oxygens (including phenoxy) is 2. The first-order chi connectivity index (χ1) is 21.2. The second kappa shape index (κ2) is 16.7. The molecule has 2 aromatic rings. The summed E-state index contributed by atoms with van der Waals surface area (Å²) in [7, 11) is 0. The monoisotopic (exact) mass is 620 g/mol. The summed E-state index contributed by atoms with van der Waals surface area (Å²) in [5.41, 5.74) is 2.23. The molecule has 2 aliphatic heterocycles. The minimum absolute atomic E-state index is 0.170. The summed E-state index contributed by atoms with van der Waals surface area (Å²) in [5, 5.41) is 3.27. The van der Waals surface area contributed by atoms with E-state index in [2.05, 4.69) is 21.8 Å². The normalized spacial score (nSPS) is 16.6. The number of nitrogens with zero attached hydrogens (tertiary/aromatic N) is 3. The molecule has 3 heterocycles. The van der Waals surface area contributed by atoms with Crippen molar-refractivity contribution in [2.24, 2.45) is 5.92 Å². The van der Waals surface area contributed by atoms with E-state index in [-0.39, 0.29) is 26.0 Å². The van der Waals surface area contributed by atoms with Crippen LogP contribution in [0.15, 0.2) is 24.4 Å². The van der Waals surface area contributed by atoms with Crippen molar-refractivity contribution in [2.45, 2.75) is 110 Å². The number of rotatable bonds is 17. The molecule has 1 aromatic heterocycles. The average molecular weight is 621 g/mol. The van der Waals surface area contributed by atoms with Crippen molar-refractivity contribution < 1.29 is 32.2 Å². The van der Waals surface area contributed by atoms with Crippen LogP contribution in [0.2, 0.25) is 0 Å². The van der Waals surface area contributed by atoms with E-state index >= 15 is 0 Å². The highest BCUT2D eigenvalue weighted by atomic mass is 19.4. The van der Waals surface area contributed by atoms with Gasteiger partial charge in [-0.15, -0.1) is 0 Å². The molecule has 0 radical (unpaired) electrons. The fourth-order valence-corrected chi connectivity index (χ4v) is 5.93. The van der Waals surface area contributed by atoms with E-state index in [1.165, 1.54) is 38.5 Å². The fraction of sp³-hybridized carbons (Fsp3) is 0.667. The fourth-order valence-electron chi connectivity index (χ4n) is 5.93. The molecule has 244 valence electrons. The van der Waals surface area contributed by atoms with Gasteiger partial charge in [-0.2, -0.15) is 13.2 Å². The van der Waals surface area contributed by atoms with Gasteiger partial charge in [0.15, 0.2) is 0 Å². The van der Waals surface area contributed by atoms with Crippen molar-refractivity contribution in [1.82, 2.24) is 14.5 Å².